The Hall–Kier alpha value is -0.380. The van der Waals surface area contributed by atoms with Crippen molar-refractivity contribution < 1.29 is 5.11 Å². The molecule has 0 aromatic rings. The van der Waals surface area contributed by atoms with E-state index in [0.717, 1.165) is 39.1 Å². The summed E-state index contributed by atoms with van der Waals surface area (Å²) in [7, 11) is 0. The number of aliphatic hydroxyl groups is 1. The predicted molar refractivity (Wildman–Crippen MR) is 64.0 cm³/mol. The van der Waals surface area contributed by atoms with Crippen molar-refractivity contribution >= 4 is 0 Å². The molecule has 0 unspecified atom stereocenters. The summed E-state index contributed by atoms with van der Waals surface area (Å²) in [5.74, 6) is 0. The van der Waals surface area contributed by atoms with Gasteiger partial charge in [0.2, 0.25) is 0 Å². The summed E-state index contributed by atoms with van der Waals surface area (Å²) in [6.45, 7) is 12.9. The molecule has 1 aliphatic heterocycles. The largest absolute Gasteiger partial charge is 0.392 e. The van der Waals surface area contributed by atoms with Crippen molar-refractivity contribution in [2.24, 2.45) is 0 Å². The number of β-amino-alcohol motifs (C(OH)–C–C–N with tert-alkyl or cyclic N) is 1. The highest BCUT2D eigenvalue weighted by atomic mass is 16.3. The molecule has 0 aliphatic carbocycles. The van der Waals surface area contributed by atoms with Crippen LogP contribution in [0, 0.1) is 0 Å². The maximum absolute atomic E-state index is 9.42. The number of aliphatic hydroxyl groups excluding tert-OH is 1. The van der Waals surface area contributed by atoms with Crippen LogP contribution < -0.4 is 0 Å². The molecule has 88 valence electrons. The highest BCUT2D eigenvalue weighted by Crippen LogP contribution is 2.13. The van der Waals surface area contributed by atoms with Gasteiger partial charge in [-0.2, -0.15) is 0 Å². The molecule has 0 aromatic heterocycles. The van der Waals surface area contributed by atoms with Gasteiger partial charge in [-0.25, -0.2) is 0 Å². The van der Waals surface area contributed by atoms with Crippen LogP contribution in [-0.4, -0.2) is 59.8 Å². The molecule has 3 nitrogen and oxygen atoms in total. The fraction of sp³-hybridized carbons (Fsp3) is 0.833. The zero-order chi connectivity index (χ0) is 11.3. The lowest BCUT2D eigenvalue weighted by molar-refractivity contribution is 0.0408. The molecule has 1 N–H and O–H groups in total. The molecule has 1 heterocycles. The summed E-state index contributed by atoms with van der Waals surface area (Å²) < 4.78 is 0. The van der Waals surface area contributed by atoms with Crippen molar-refractivity contribution in [3.63, 3.8) is 0 Å². The Bertz CT molecular complexity index is 194. The Morgan fingerprint density at radius 1 is 1.53 bits per heavy atom. The standard InChI is InChI=1S/C12H24N2O/c1-4-6-13-7-8-14(9-11(3)15)12(5-2)10-13/h4,11-12,15H,1,5-10H2,2-3H3/t11-,12-/m0/s1. The Balaban J connectivity index is 2.44. The normalized spacial score (nSPS) is 26.5. The number of rotatable bonds is 5. The minimum Gasteiger partial charge on any atom is -0.392 e. The second kappa shape index (κ2) is 6.26. The first-order valence-electron chi connectivity index (χ1n) is 5.92. The van der Waals surface area contributed by atoms with E-state index in [9.17, 15) is 5.11 Å². The van der Waals surface area contributed by atoms with Gasteiger partial charge < -0.3 is 5.11 Å². The second-order valence-electron chi connectivity index (χ2n) is 4.45. The molecule has 0 spiro atoms. The van der Waals surface area contributed by atoms with Crippen molar-refractivity contribution in [2.45, 2.75) is 32.4 Å². The van der Waals surface area contributed by atoms with Gasteiger partial charge in [0.15, 0.2) is 0 Å². The molecule has 0 radical (unpaired) electrons. The topological polar surface area (TPSA) is 26.7 Å². The fourth-order valence-corrected chi connectivity index (χ4v) is 2.27. The average Bonchev–Trinajstić information content (AvgIpc) is 2.20. The lowest BCUT2D eigenvalue weighted by Crippen LogP contribution is -2.54. The summed E-state index contributed by atoms with van der Waals surface area (Å²) in [6, 6.07) is 0.591. The molecule has 1 aliphatic rings. The van der Waals surface area contributed by atoms with E-state index in [-0.39, 0.29) is 6.10 Å². The van der Waals surface area contributed by atoms with E-state index in [1.165, 1.54) is 0 Å². The Morgan fingerprint density at radius 2 is 2.27 bits per heavy atom. The molecule has 0 amide bonds. The first-order chi connectivity index (χ1) is 7.17. The van der Waals surface area contributed by atoms with Crippen molar-refractivity contribution in [1.82, 2.24) is 9.80 Å². The van der Waals surface area contributed by atoms with E-state index >= 15 is 0 Å². The average molecular weight is 212 g/mol. The van der Waals surface area contributed by atoms with Crippen LogP contribution in [0.4, 0.5) is 0 Å². The van der Waals surface area contributed by atoms with Crippen LogP contribution in [0.5, 0.6) is 0 Å². The first-order valence-corrected chi connectivity index (χ1v) is 5.92. The summed E-state index contributed by atoms with van der Waals surface area (Å²) >= 11 is 0. The lowest BCUT2D eigenvalue weighted by Gasteiger charge is -2.41. The van der Waals surface area contributed by atoms with Gasteiger partial charge in [0.05, 0.1) is 6.10 Å². The highest BCUT2D eigenvalue weighted by Gasteiger charge is 2.25. The number of nitrogens with zero attached hydrogens (tertiary/aromatic N) is 2. The van der Waals surface area contributed by atoms with Gasteiger partial charge in [0.25, 0.3) is 0 Å². The van der Waals surface area contributed by atoms with Gasteiger partial charge in [-0.05, 0) is 13.3 Å². The minimum atomic E-state index is -0.218. The molecule has 1 fully saturated rings. The molecule has 15 heavy (non-hydrogen) atoms. The number of piperazine rings is 1. The van der Waals surface area contributed by atoms with E-state index in [2.05, 4.69) is 23.3 Å². The zero-order valence-electron chi connectivity index (χ0n) is 10.0. The van der Waals surface area contributed by atoms with Crippen LogP contribution in [0.15, 0.2) is 12.7 Å². The van der Waals surface area contributed by atoms with E-state index in [4.69, 9.17) is 0 Å². The first kappa shape index (κ1) is 12.7. The number of hydrogen-bond acceptors (Lipinski definition) is 3. The van der Waals surface area contributed by atoms with Gasteiger partial charge >= 0.3 is 0 Å². The van der Waals surface area contributed by atoms with Gasteiger partial charge in [-0.1, -0.05) is 13.0 Å². The van der Waals surface area contributed by atoms with Gasteiger partial charge in [0.1, 0.15) is 0 Å². The SMILES string of the molecule is C=CCN1CCN(C[C@H](C)O)[C@@H](CC)C1. The van der Waals surface area contributed by atoms with Crippen LogP contribution >= 0.6 is 0 Å². The molecule has 1 rings (SSSR count). The summed E-state index contributed by atoms with van der Waals surface area (Å²) in [5.41, 5.74) is 0. The fourth-order valence-electron chi connectivity index (χ4n) is 2.27. The molecule has 2 atom stereocenters. The van der Waals surface area contributed by atoms with Crippen molar-refractivity contribution in [1.29, 1.82) is 0 Å². The van der Waals surface area contributed by atoms with Crippen LogP contribution in [0.1, 0.15) is 20.3 Å². The van der Waals surface area contributed by atoms with Gasteiger partial charge in [0, 0.05) is 38.8 Å². The molecule has 1 saturated heterocycles. The van der Waals surface area contributed by atoms with Crippen LogP contribution in [0.3, 0.4) is 0 Å². The summed E-state index contributed by atoms with van der Waals surface area (Å²) in [5, 5.41) is 9.42. The van der Waals surface area contributed by atoms with Crippen molar-refractivity contribution in [3.8, 4) is 0 Å². The van der Waals surface area contributed by atoms with Crippen LogP contribution in [-0.2, 0) is 0 Å². The Labute approximate surface area is 93.4 Å². The summed E-state index contributed by atoms with van der Waals surface area (Å²) in [6.07, 6.45) is 2.90. The van der Waals surface area contributed by atoms with Crippen molar-refractivity contribution in [2.75, 3.05) is 32.7 Å². The van der Waals surface area contributed by atoms with Crippen LogP contribution in [0.2, 0.25) is 0 Å². The summed E-state index contributed by atoms with van der Waals surface area (Å²) in [4.78, 5) is 4.84. The second-order valence-corrected chi connectivity index (χ2v) is 4.45. The van der Waals surface area contributed by atoms with E-state index in [0.29, 0.717) is 6.04 Å². The minimum absolute atomic E-state index is 0.218. The highest BCUT2D eigenvalue weighted by molar-refractivity contribution is 4.85. The maximum atomic E-state index is 9.42. The Morgan fingerprint density at radius 3 is 2.80 bits per heavy atom. The third kappa shape index (κ3) is 3.93. The van der Waals surface area contributed by atoms with E-state index < -0.39 is 0 Å². The molecule has 0 aromatic carbocycles. The zero-order valence-corrected chi connectivity index (χ0v) is 10.0. The van der Waals surface area contributed by atoms with Gasteiger partial charge in [-0.15, -0.1) is 6.58 Å². The van der Waals surface area contributed by atoms with Crippen molar-refractivity contribution in [3.05, 3.63) is 12.7 Å². The van der Waals surface area contributed by atoms with Gasteiger partial charge in [-0.3, -0.25) is 9.80 Å². The number of hydrogen-bond donors (Lipinski definition) is 1. The molecule has 3 heteroatoms. The Kier molecular flexibility index (Phi) is 5.29. The smallest absolute Gasteiger partial charge is 0.0639 e. The third-order valence-electron chi connectivity index (χ3n) is 3.05. The van der Waals surface area contributed by atoms with Crippen LogP contribution in [0.25, 0.3) is 0 Å². The van der Waals surface area contributed by atoms with E-state index in [1.54, 1.807) is 0 Å². The predicted octanol–water partition coefficient (Wildman–Crippen LogP) is 0.949. The lowest BCUT2D eigenvalue weighted by atomic mass is 10.1. The molecular formula is C12H24N2O. The third-order valence-corrected chi connectivity index (χ3v) is 3.05. The quantitative estimate of drug-likeness (QED) is 0.687. The maximum Gasteiger partial charge on any atom is 0.0639 e. The molecule has 0 bridgehead atoms. The molecule has 0 saturated carbocycles. The van der Waals surface area contributed by atoms with E-state index in [1.807, 2.05) is 13.0 Å². The monoisotopic (exact) mass is 212 g/mol. The molecular weight excluding hydrogens is 188 g/mol.